The number of nitriles is 1. The smallest absolute Gasteiger partial charge is 0.288 e. The summed E-state index contributed by atoms with van der Waals surface area (Å²) in [7, 11) is 0. The molecule has 0 saturated carbocycles. The van der Waals surface area contributed by atoms with Crippen LogP contribution in [0.3, 0.4) is 0 Å². The molecule has 0 aliphatic heterocycles. The first-order chi connectivity index (χ1) is 7.51. The standard InChI is InChI=1S/C10H7ClN2O3/c1-6-2-7(10(14)4-11)8(5-12)9(3-6)13(15)16/h2-3H,4H2,1H3. The fourth-order valence-electron chi connectivity index (χ4n) is 1.32. The first kappa shape index (κ1) is 12.1. The van der Waals surface area contributed by atoms with Crippen molar-refractivity contribution in [3.05, 3.63) is 38.9 Å². The van der Waals surface area contributed by atoms with Crippen molar-refractivity contribution in [3.8, 4) is 6.07 Å². The second-order valence-electron chi connectivity index (χ2n) is 3.13. The molecule has 0 unspecified atom stereocenters. The first-order valence-electron chi connectivity index (χ1n) is 4.29. The van der Waals surface area contributed by atoms with Crippen LogP contribution in [0.5, 0.6) is 0 Å². The lowest BCUT2D eigenvalue weighted by Gasteiger charge is -2.03. The van der Waals surface area contributed by atoms with Crippen molar-refractivity contribution in [1.29, 1.82) is 5.26 Å². The first-order valence-corrected chi connectivity index (χ1v) is 4.83. The summed E-state index contributed by atoms with van der Waals surface area (Å²) >= 11 is 5.37. The number of benzene rings is 1. The maximum absolute atomic E-state index is 11.4. The van der Waals surface area contributed by atoms with E-state index in [2.05, 4.69) is 0 Å². The molecule has 0 amide bonds. The molecular weight excluding hydrogens is 232 g/mol. The van der Waals surface area contributed by atoms with E-state index in [1.807, 2.05) is 0 Å². The van der Waals surface area contributed by atoms with Gasteiger partial charge in [-0.25, -0.2) is 0 Å². The molecule has 0 bridgehead atoms. The highest BCUT2D eigenvalue weighted by atomic mass is 35.5. The Kier molecular flexibility index (Phi) is 3.59. The molecule has 1 rings (SSSR count). The van der Waals surface area contributed by atoms with E-state index in [-0.39, 0.29) is 22.7 Å². The van der Waals surface area contributed by atoms with Crippen molar-refractivity contribution in [2.45, 2.75) is 6.92 Å². The fourth-order valence-corrected chi connectivity index (χ4v) is 1.46. The van der Waals surface area contributed by atoms with E-state index < -0.39 is 10.7 Å². The molecule has 0 atom stereocenters. The number of nitro benzene ring substituents is 1. The number of ketones is 1. The van der Waals surface area contributed by atoms with Crippen LogP contribution in [0, 0.1) is 28.4 Å². The lowest BCUT2D eigenvalue weighted by Crippen LogP contribution is -2.06. The summed E-state index contributed by atoms with van der Waals surface area (Å²) in [5.41, 5.74) is -0.0550. The average molecular weight is 239 g/mol. The molecule has 1 aromatic rings. The van der Waals surface area contributed by atoms with Gasteiger partial charge in [0.2, 0.25) is 0 Å². The zero-order valence-corrected chi connectivity index (χ0v) is 9.11. The maximum atomic E-state index is 11.4. The van der Waals surface area contributed by atoms with Gasteiger partial charge in [0, 0.05) is 11.6 Å². The number of alkyl halides is 1. The van der Waals surface area contributed by atoms with Crippen molar-refractivity contribution in [2.24, 2.45) is 0 Å². The molecule has 0 aliphatic carbocycles. The second-order valence-corrected chi connectivity index (χ2v) is 3.40. The lowest BCUT2D eigenvalue weighted by atomic mass is 10.0. The Morgan fingerprint density at radius 3 is 2.69 bits per heavy atom. The minimum atomic E-state index is -0.684. The molecule has 0 N–H and O–H groups in total. The molecule has 0 aromatic heterocycles. The lowest BCUT2D eigenvalue weighted by molar-refractivity contribution is -0.385. The van der Waals surface area contributed by atoms with Gasteiger partial charge in [-0.2, -0.15) is 5.26 Å². The summed E-state index contributed by atoms with van der Waals surface area (Å²) in [5, 5.41) is 19.5. The number of hydrogen-bond donors (Lipinski definition) is 0. The number of rotatable bonds is 3. The van der Waals surface area contributed by atoms with E-state index in [4.69, 9.17) is 16.9 Å². The topological polar surface area (TPSA) is 84.0 Å². The Bertz CT molecular complexity index is 506. The summed E-state index contributed by atoms with van der Waals surface area (Å²) in [4.78, 5) is 21.4. The molecule has 5 nitrogen and oxygen atoms in total. The molecular formula is C10H7ClN2O3. The van der Waals surface area contributed by atoms with Gasteiger partial charge in [-0.3, -0.25) is 14.9 Å². The van der Waals surface area contributed by atoms with E-state index in [1.165, 1.54) is 12.1 Å². The van der Waals surface area contributed by atoms with Crippen LogP contribution in [0.25, 0.3) is 0 Å². The third kappa shape index (κ3) is 2.18. The number of Topliss-reactive ketones (excluding diaryl/α,β-unsaturated/α-hetero) is 1. The summed E-state index contributed by atoms with van der Waals surface area (Å²) in [6.07, 6.45) is 0. The molecule has 0 saturated heterocycles. The summed E-state index contributed by atoms with van der Waals surface area (Å²) < 4.78 is 0. The minimum absolute atomic E-state index is 0.00389. The highest BCUT2D eigenvalue weighted by Gasteiger charge is 2.21. The highest BCUT2D eigenvalue weighted by Crippen LogP contribution is 2.24. The highest BCUT2D eigenvalue weighted by molar-refractivity contribution is 6.30. The van der Waals surface area contributed by atoms with Crippen molar-refractivity contribution in [2.75, 3.05) is 5.88 Å². The molecule has 1 aromatic carbocycles. The van der Waals surface area contributed by atoms with Gasteiger partial charge in [-0.15, -0.1) is 11.6 Å². The largest absolute Gasteiger partial charge is 0.293 e. The monoisotopic (exact) mass is 238 g/mol. The zero-order valence-electron chi connectivity index (χ0n) is 8.36. The molecule has 0 heterocycles. The van der Waals surface area contributed by atoms with Gasteiger partial charge in [0.1, 0.15) is 11.6 Å². The molecule has 0 fully saturated rings. The SMILES string of the molecule is Cc1cc(C(=O)CCl)c(C#N)c([N+](=O)[O-])c1. The number of halogens is 1. The minimum Gasteiger partial charge on any atom is -0.293 e. The van der Waals surface area contributed by atoms with Crippen molar-refractivity contribution >= 4 is 23.1 Å². The van der Waals surface area contributed by atoms with Crippen molar-refractivity contribution in [3.63, 3.8) is 0 Å². The summed E-state index contributed by atoms with van der Waals surface area (Å²) in [6.45, 7) is 1.61. The van der Waals surface area contributed by atoms with Gasteiger partial charge in [-0.05, 0) is 18.6 Å². The van der Waals surface area contributed by atoms with Gasteiger partial charge in [0.25, 0.3) is 5.69 Å². The quantitative estimate of drug-likeness (QED) is 0.350. The van der Waals surface area contributed by atoms with Crippen LogP contribution < -0.4 is 0 Å². The van der Waals surface area contributed by atoms with Gasteiger partial charge in [0.15, 0.2) is 5.78 Å². The van der Waals surface area contributed by atoms with Gasteiger partial charge < -0.3 is 0 Å². The predicted molar refractivity (Wildman–Crippen MR) is 57.6 cm³/mol. The number of aryl methyl sites for hydroxylation is 1. The third-order valence-electron chi connectivity index (χ3n) is 1.99. The Balaban J connectivity index is 3.56. The van der Waals surface area contributed by atoms with Crippen LogP contribution in [0.2, 0.25) is 0 Å². The van der Waals surface area contributed by atoms with E-state index >= 15 is 0 Å². The molecule has 0 radical (unpaired) electrons. The van der Waals surface area contributed by atoms with E-state index in [0.717, 1.165) is 0 Å². The van der Waals surface area contributed by atoms with Gasteiger partial charge in [-0.1, -0.05) is 0 Å². The summed E-state index contributed by atoms with van der Waals surface area (Å²) in [5.74, 6) is -0.806. The van der Waals surface area contributed by atoms with E-state index in [9.17, 15) is 14.9 Å². The van der Waals surface area contributed by atoms with Crippen LogP contribution in [0.1, 0.15) is 21.5 Å². The molecule has 6 heteroatoms. The summed E-state index contributed by atoms with van der Waals surface area (Å²) in [6, 6.07) is 4.35. The van der Waals surface area contributed by atoms with Crippen molar-refractivity contribution in [1.82, 2.24) is 0 Å². The molecule has 0 spiro atoms. The van der Waals surface area contributed by atoms with Crippen molar-refractivity contribution < 1.29 is 9.72 Å². The average Bonchev–Trinajstić information content (AvgIpc) is 2.26. The molecule has 0 aliphatic rings. The van der Waals surface area contributed by atoms with E-state index in [1.54, 1.807) is 13.0 Å². The Morgan fingerprint density at radius 1 is 1.62 bits per heavy atom. The predicted octanol–water partition coefficient (Wildman–Crippen LogP) is 2.20. The van der Waals surface area contributed by atoms with Crippen LogP contribution in [-0.2, 0) is 0 Å². The fraction of sp³-hybridized carbons (Fsp3) is 0.200. The normalized spacial score (nSPS) is 9.56. The van der Waals surface area contributed by atoms with Crippen LogP contribution in [0.15, 0.2) is 12.1 Å². The van der Waals surface area contributed by atoms with Gasteiger partial charge in [0.05, 0.1) is 10.8 Å². The maximum Gasteiger partial charge on any atom is 0.288 e. The Hall–Kier alpha value is -1.93. The Labute approximate surface area is 96.4 Å². The van der Waals surface area contributed by atoms with Crippen LogP contribution in [0.4, 0.5) is 5.69 Å². The number of carbonyl (C=O) groups is 1. The molecule has 82 valence electrons. The number of nitrogens with zero attached hydrogens (tertiary/aromatic N) is 2. The Morgan fingerprint density at radius 2 is 2.25 bits per heavy atom. The number of hydrogen-bond acceptors (Lipinski definition) is 4. The zero-order chi connectivity index (χ0) is 12.3. The van der Waals surface area contributed by atoms with Crippen LogP contribution in [-0.4, -0.2) is 16.6 Å². The van der Waals surface area contributed by atoms with Gasteiger partial charge >= 0.3 is 0 Å². The number of carbonyl (C=O) groups excluding carboxylic acids is 1. The second kappa shape index (κ2) is 4.73. The van der Waals surface area contributed by atoms with E-state index in [0.29, 0.717) is 5.56 Å². The van der Waals surface area contributed by atoms with Crippen LogP contribution >= 0.6 is 11.6 Å². The number of nitro groups is 1. The third-order valence-corrected chi connectivity index (χ3v) is 2.23. The molecule has 16 heavy (non-hydrogen) atoms.